The van der Waals surface area contributed by atoms with Gasteiger partial charge >= 0.3 is 0 Å². The zero-order valence-corrected chi connectivity index (χ0v) is 11.1. The van der Waals surface area contributed by atoms with E-state index in [9.17, 15) is 4.79 Å². The molecule has 0 aliphatic carbocycles. The number of rotatable bonds is 2. The smallest absolute Gasteiger partial charge is 0.269 e. The van der Waals surface area contributed by atoms with Gasteiger partial charge in [-0.15, -0.1) is 0 Å². The third-order valence-electron chi connectivity index (χ3n) is 3.06. The van der Waals surface area contributed by atoms with E-state index in [-0.39, 0.29) is 12.5 Å². The van der Waals surface area contributed by atoms with E-state index >= 15 is 0 Å². The quantitative estimate of drug-likeness (QED) is 0.916. The van der Waals surface area contributed by atoms with E-state index in [0.29, 0.717) is 22.7 Å². The van der Waals surface area contributed by atoms with E-state index in [1.807, 2.05) is 18.2 Å². The van der Waals surface area contributed by atoms with Crippen molar-refractivity contribution in [3.05, 3.63) is 54.1 Å². The first-order chi connectivity index (χ1) is 10.3. The van der Waals surface area contributed by atoms with E-state index in [0.717, 1.165) is 0 Å². The van der Waals surface area contributed by atoms with E-state index in [1.165, 1.54) is 0 Å². The number of fused-ring (bicyclic) bond motifs is 1. The first-order valence-electron chi connectivity index (χ1n) is 6.46. The van der Waals surface area contributed by atoms with Crippen molar-refractivity contribution in [2.75, 3.05) is 11.9 Å². The summed E-state index contributed by atoms with van der Waals surface area (Å²) < 4.78 is 11.1. The molecular formula is C16H12N2O3. The fourth-order valence-corrected chi connectivity index (χ4v) is 2.04. The van der Waals surface area contributed by atoms with Gasteiger partial charge in [0.15, 0.2) is 11.5 Å². The Morgan fingerprint density at radius 3 is 2.81 bits per heavy atom. The molecule has 3 rings (SSSR count). The van der Waals surface area contributed by atoms with E-state index in [4.69, 9.17) is 14.7 Å². The molecule has 21 heavy (non-hydrogen) atoms. The summed E-state index contributed by atoms with van der Waals surface area (Å²) in [5.41, 5.74) is 1.04. The summed E-state index contributed by atoms with van der Waals surface area (Å²) >= 11 is 0. The van der Waals surface area contributed by atoms with Gasteiger partial charge < -0.3 is 14.8 Å². The van der Waals surface area contributed by atoms with Crippen LogP contribution >= 0.6 is 0 Å². The lowest BCUT2D eigenvalue weighted by Crippen LogP contribution is -2.40. The Hall–Kier alpha value is -3.00. The van der Waals surface area contributed by atoms with Crippen molar-refractivity contribution < 1.29 is 14.3 Å². The van der Waals surface area contributed by atoms with Crippen LogP contribution in [0.2, 0.25) is 0 Å². The molecule has 2 aromatic carbocycles. The molecule has 5 heteroatoms. The first-order valence-corrected chi connectivity index (χ1v) is 6.46. The fraction of sp³-hybridized carbons (Fsp3) is 0.125. The number of para-hydroxylation sites is 2. The number of carbonyl (C=O) groups excluding carboxylic acids is 1. The van der Waals surface area contributed by atoms with Crippen LogP contribution in [0.4, 0.5) is 5.69 Å². The van der Waals surface area contributed by atoms with Crippen LogP contribution in [0.3, 0.4) is 0 Å². The molecular weight excluding hydrogens is 268 g/mol. The van der Waals surface area contributed by atoms with E-state index in [1.54, 1.807) is 36.4 Å². The Morgan fingerprint density at radius 2 is 2.00 bits per heavy atom. The summed E-state index contributed by atoms with van der Waals surface area (Å²) in [4.78, 5) is 12.2. The van der Waals surface area contributed by atoms with Crippen molar-refractivity contribution in [2.45, 2.75) is 6.10 Å². The zero-order chi connectivity index (χ0) is 14.7. The van der Waals surface area contributed by atoms with Crippen LogP contribution in [0.15, 0.2) is 48.5 Å². The number of ether oxygens (including phenoxy) is 2. The molecule has 0 aromatic heterocycles. The molecule has 0 bridgehead atoms. The van der Waals surface area contributed by atoms with Crippen LogP contribution in [-0.4, -0.2) is 18.6 Å². The molecule has 1 amide bonds. The Kier molecular flexibility index (Phi) is 3.44. The van der Waals surface area contributed by atoms with Crippen LogP contribution < -0.4 is 14.8 Å². The summed E-state index contributed by atoms with van der Waals surface area (Å²) in [6, 6.07) is 15.9. The lowest BCUT2D eigenvalue weighted by Gasteiger charge is -2.25. The monoisotopic (exact) mass is 280 g/mol. The van der Waals surface area contributed by atoms with Crippen LogP contribution in [0.5, 0.6) is 11.5 Å². The lowest BCUT2D eigenvalue weighted by molar-refractivity contribution is -0.125. The number of hydrogen-bond donors (Lipinski definition) is 1. The van der Waals surface area contributed by atoms with Crippen LogP contribution in [0.25, 0.3) is 0 Å². The molecule has 5 nitrogen and oxygen atoms in total. The molecule has 0 fully saturated rings. The molecule has 0 saturated heterocycles. The highest BCUT2D eigenvalue weighted by molar-refractivity contribution is 5.94. The number of anilines is 1. The Labute approximate surface area is 121 Å². The minimum absolute atomic E-state index is 0.154. The average molecular weight is 280 g/mol. The van der Waals surface area contributed by atoms with Crippen molar-refractivity contribution >= 4 is 11.6 Å². The molecule has 1 heterocycles. The SMILES string of the molecule is N#Cc1cccc(NC(=O)[C@@H]2COc3ccccc3O2)c1. The standard InChI is InChI=1S/C16H12N2O3/c17-9-11-4-3-5-12(8-11)18-16(19)15-10-20-13-6-1-2-7-14(13)21-15/h1-8,15H,10H2,(H,18,19)/t15-/m0/s1. The highest BCUT2D eigenvalue weighted by atomic mass is 16.6. The van der Waals surface area contributed by atoms with Crippen LogP contribution in [0, 0.1) is 11.3 Å². The number of benzene rings is 2. The molecule has 1 aliphatic heterocycles. The maximum absolute atomic E-state index is 12.2. The van der Waals surface area contributed by atoms with Crippen molar-refractivity contribution in [1.29, 1.82) is 5.26 Å². The number of nitrogens with one attached hydrogen (secondary N) is 1. The Balaban J connectivity index is 1.71. The van der Waals surface area contributed by atoms with Gasteiger partial charge in [-0.2, -0.15) is 5.26 Å². The largest absolute Gasteiger partial charge is 0.485 e. The van der Waals surface area contributed by atoms with Gasteiger partial charge in [0.05, 0.1) is 11.6 Å². The molecule has 0 saturated carbocycles. The zero-order valence-electron chi connectivity index (χ0n) is 11.1. The molecule has 1 N–H and O–H groups in total. The van der Waals surface area contributed by atoms with E-state index < -0.39 is 6.10 Å². The van der Waals surface area contributed by atoms with E-state index in [2.05, 4.69) is 5.32 Å². The Morgan fingerprint density at radius 1 is 1.19 bits per heavy atom. The third kappa shape index (κ3) is 2.79. The van der Waals surface area contributed by atoms with Gasteiger partial charge in [-0.3, -0.25) is 4.79 Å². The highest BCUT2D eigenvalue weighted by Gasteiger charge is 2.27. The molecule has 1 aliphatic rings. The topological polar surface area (TPSA) is 71.4 Å². The van der Waals surface area contributed by atoms with Gasteiger partial charge in [-0.1, -0.05) is 18.2 Å². The summed E-state index contributed by atoms with van der Waals surface area (Å²) in [6.45, 7) is 0.154. The minimum Gasteiger partial charge on any atom is -0.485 e. The van der Waals surface area contributed by atoms with Gasteiger partial charge in [-0.25, -0.2) is 0 Å². The minimum atomic E-state index is -0.717. The fourth-order valence-electron chi connectivity index (χ4n) is 2.04. The predicted octanol–water partition coefficient (Wildman–Crippen LogP) is 2.34. The molecule has 2 aromatic rings. The van der Waals surface area contributed by atoms with Crippen LogP contribution in [-0.2, 0) is 4.79 Å². The van der Waals surface area contributed by atoms with Gasteiger partial charge in [0.1, 0.15) is 6.61 Å². The number of nitriles is 1. The number of carbonyl (C=O) groups is 1. The second-order valence-corrected chi connectivity index (χ2v) is 4.55. The van der Waals surface area contributed by atoms with Gasteiger partial charge in [0, 0.05) is 5.69 Å². The highest BCUT2D eigenvalue weighted by Crippen LogP contribution is 2.31. The number of hydrogen-bond acceptors (Lipinski definition) is 4. The van der Waals surface area contributed by atoms with Crippen LogP contribution in [0.1, 0.15) is 5.56 Å². The first kappa shape index (κ1) is 13.0. The summed E-state index contributed by atoms with van der Waals surface area (Å²) in [5.74, 6) is 0.877. The second-order valence-electron chi connectivity index (χ2n) is 4.55. The molecule has 104 valence electrons. The van der Waals surface area contributed by atoms with Gasteiger partial charge in [0.2, 0.25) is 6.10 Å². The molecule has 0 spiro atoms. The molecule has 1 atom stereocenters. The lowest BCUT2D eigenvalue weighted by atomic mass is 10.2. The predicted molar refractivity (Wildman–Crippen MR) is 76.1 cm³/mol. The van der Waals surface area contributed by atoms with Gasteiger partial charge in [-0.05, 0) is 30.3 Å². The average Bonchev–Trinajstić information content (AvgIpc) is 2.54. The second kappa shape index (κ2) is 5.55. The number of amides is 1. The maximum Gasteiger partial charge on any atom is 0.269 e. The Bertz CT molecular complexity index is 721. The maximum atomic E-state index is 12.2. The van der Waals surface area contributed by atoms with Gasteiger partial charge in [0.25, 0.3) is 5.91 Å². The van der Waals surface area contributed by atoms with Crippen molar-refractivity contribution in [1.82, 2.24) is 0 Å². The summed E-state index contributed by atoms with van der Waals surface area (Å²) in [7, 11) is 0. The molecule has 0 radical (unpaired) electrons. The van der Waals surface area contributed by atoms with Crippen molar-refractivity contribution in [3.8, 4) is 17.6 Å². The summed E-state index contributed by atoms with van der Waals surface area (Å²) in [5, 5.41) is 11.6. The normalized spacial score (nSPS) is 15.9. The number of nitrogens with zero attached hydrogens (tertiary/aromatic N) is 1. The molecule has 0 unspecified atom stereocenters. The third-order valence-corrected chi connectivity index (χ3v) is 3.06. The van der Waals surface area contributed by atoms with Crippen molar-refractivity contribution in [2.24, 2.45) is 0 Å². The summed E-state index contributed by atoms with van der Waals surface area (Å²) in [6.07, 6.45) is -0.717. The van der Waals surface area contributed by atoms with Crippen molar-refractivity contribution in [3.63, 3.8) is 0 Å².